The van der Waals surface area contributed by atoms with Crippen molar-refractivity contribution in [2.75, 3.05) is 0 Å². The first-order valence-corrected chi connectivity index (χ1v) is 4.85. The normalized spacial score (nSPS) is 12.7. The minimum Gasteiger partial charge on any atom is -0.320 e. The smallest absolute Gasteiger partial charge is 0.115 e. The van der Waals surface area contributed by atoms with Gasteiger partial charge in [0.1, 0.15) is 6.33 Å². The number of nitrogens with two attached hydrogens (primary N) is 1. The van der Waals surface area contributed by atoms with Crippen molar-refractivity contribution in [2.45, 2.75) is 6.04 Å². The average Bonchev–Trinajstić information content (AvgIpc) is 2.71. The van der Waals surface area contributed by atoms with Crippen molar-refractivity contribution < 1.29 is 0 Å². The van der Waals surface area contributed by atoms with E-state index in [0.29, 0.717) is 0 Å². The topological polar surface area (TPSA) is 51.8 Å². The lowest BCUT2D eigenvalue weighted by molar-refractivity contribution is 0.855. The molecule has 1 atom stereocenters. The lowest BCUT2D eigenvalue weighted by Crippen LogP contribution is -2.11. The second kappa shape index (κ2) is 3.64. The zero-order chi connectivity index (χ0) is 9.10. The van der Waals surface area contributed by atoms with Crippen LogP contribution in [0.15, 0.2) is 35.5 Å². The molecule has 0 amide bonds. The van der Waals surface area contributed by atoms with Gasteiger partial charge in [-0.25, -0.2) is 9.97 Å². The Morgan fingerprint density at radius 1 is 1.23 bits per heavy atom. The Balaban J connectivity index is 2.29. The van der Waals surface area contributed by atoms with E-state index in [0.717, 1.165) is 11.1 Å². The molecule has 0 fully saturated rings. The van der Waals surface area contributed by atoms with Gasteiger partial charge in [-0.15, -0.1) is 0 Å². The van der Waals surface area contributed by atoms with E-state index < -0.39 is 0 Å². The highest BCUT2D eigenvalue weighted by Crippen LogP contribution is 2.19. The van der Waals surface area contributed by atoms with Gasteiger partial charge in [-0.1, -0.05) is 0 Å². The highest BCUT2D eigenvalue weighted by molar-refractivity contribution is 7.07. The third-order valence-electron chi connectivity index (χ3n) is 1.84. The molecule has 2 aromatic rings. The van der Waals surface area contributed by atoms with Crippen LogP contribution in [0, 0.1) is 0 Å². The van der Waals surface area contributed by atoms with Gasteiger partial charge >= 0.3 is 0 Å². The standard InChI is InChI=1S/C9H9N3S/c10-9(7-1-2-13-5-7)8-3-11-6-12-4-8/h1-6,9H,10H2. The Morgan fingerprint density at radius 2 is 2.00 bits per heavy atom. The largest absolute Gasteiger partial charge is 0.320 e. The summed E-state index contributed by atoms with van der Waals surface area (Å²) in [5, 5.41) is 4.05. The molecule has 0 aliphatic rings. The summed E-state index contributed by atoms with van der Waals surface area (Å²) in [4.78, 5) is 7.86. The molecule has 0 saturated heterocycles. The molecule has 2 N–H and O–H groups in total. The van der Waals surface area contributed by atoms with Gasteiger partial charge in [0.15, 0.2) is 0 Å². The number of nitrogens with zero attached hydrogens (tertiary/aromatic N) is 2. The summed E-state index contributed by atoms with van der Waals surface area (Å²) in [7, 11) is 0. The lowest BCUT2D eigenvalue weighted by atomic mass is 10.1. The van der Waals surface area contributed by atoms with Crippen LogP contribution in [-0.4, -0.2) is 9.97 Å². The molecule has 0 saturated carbocycles. The summed E-state index contributed by atoms with van der Waals surface area (Å²) >= 11 is 1.64. The van der Waals surface area contributed by atoms with Crippen LogP contribution in [0.2, 0.25) is 0 Å². The van der Waals surface area contributed by atoms with Crippen LogP contribution in [-0.2, 0) is 0 Å². The number of thiophene rings is 1. The molecule has 2 aromatic heterocycles. The molecule has 0 bridgehead atoms. The average molecular weight is 191 g/mol. The Kier molecular flexibility index (Phi) is 2.33. The molecule has 0 spiro atoms. The zero-order valence-electron chi connectivity index (χ0n) is 6.92. The molecule has 0 radical (unpaired) electrons. The third-order valence-corrected chi connectivity index (χ3v) is 2.54. The number of hydrogen-bond acceptors (Lipinski definition) is 4. The fourth-order valence-corrected chi connectivity index (χ4v) is 1.81. The number of hydrogen-bond donors (Lipinski definition) is 1. The van der Waals surface area contributed by atoms with Gasteiger partial charge < -0.3 is 5.73 Å². The van der Waals surface area contributed by atoms with E-state index in [1.807, 2.05) is 16.8 Å². The summed E-state index contributed by atoms with van der Waals surface area (Å²) in [5.74, 6) is 0. The lowest BCUT2D eigenvalue weighted by Gasteiger charge is -2.07. The van der Waals surface area contributed by atoms with Crippen molar-refractivity contribution in [2.24, 2.45) is 5.73 Å². The fourth-order valence-electron chi connectivity index (χ4n) is 1.12. The molecule has 2 heterocycles. The van der Waals surface area contributed by atoms with Gasteiger partial charge in [0.25, 0.3) is 0 Å². The van der Waals surface area contributed by atoms with Crippen LogP contribution in [0.5, 0.6) is 0 Å². The molecule has 0 aliphatic heterocycles. The maximum absolute atomic E-state index is 5.99. The number of aromatic nitrogens is 2. The first-order chi connectivity index (χ1) is 6.38. The Morgan fingerprint density at radius 3 is 2.62 bits per heavy atom. The van der Waals surface area contributed by atoms with Gasteiger partial charge in [-0.05, 0) is 22.4 Å². The Bertz CT molecular complexity index is 358. The quantitative estimate of drug-likeness (QED) is 0.784. The van der Waals surface area contributed by atoms with Crippen LogP contribution in [0.1, 0.15) is 17.2 Å². The van der Waals surface area contributed by atoms with Crippen molar-refractivity contribution >= 4 is 11.3 Å². The zero-order valence-corrected chi connectivity index (χ0v) is 7.74. The van der Waals surface area contributed by atoms with Crippen LogP contribution in [0.4, 0.5) is 0 Å². The van der Waals surface area contributed by atoms with Crippen LogP contribution < -0.4 is 5.73 Å². The molecular formula is C9H9N3S. The monoisotopic (exact) mass is 191 g/mol. The van der Waals surface area contributed by atoms with Crippen molar-refractivity contribution in [1.29, 1.82) is 0 Å². The summed E-state index contributed by atoms with van der Waals surface area (Å²) in [6.07, 6.45) is 4.99. The molecule has 1 unspecified atom stereocenters. The molecule has 66 valence electrons. The Labute approximate surface area is 80.3 Å². The highest BCUT2D eigenvalue weighted by atomic mass is 32.1. The summed E-state index contributed by atoms with van der Waals surface area (Å²) in [6.45, 7) is 0. The predicted molar refractivity (Wildman–Crippen MR) is 52.4 cm³/mol. The van der Waals surface area contributed by atoms with Gasteiger partial charge in [0, 0.05) is 18.0 Å². The molecule has 4 heteroatoms. The Hall–Kier alpha value is -1.26. The van der Waals surface area contributed by atoms with Crippen molar-refractivity contribution in [1.82, 2.24) is 9.97 Å². The molecule has 2 rings (SSSR count). The maximum Gasteiger partial charge on any atom is 0.115 e. The van der Waals surface area contributed by atoms with E-state index >= 15 is 0 Å². The minimum atomic E-state index is -0.104. The van der Waals surface area contributed by atoms with E-state index in [1.54, 1.807) is 23.7 Å². The highest BCUT2D eigenvalue weighted by Gasteiger charge is 2.08. The first kappa shape index (κ1) is 8.34. The molecular weight excluding hydrogens is 182 g/mol. The van der Waals surface area contributed by atoms with Gasteiger partial charge in [-0.2, -0.15) is 11.3 Å². The molecule has 3 nitrogen and oxygen atoms in total. The van der Waals surface area contributed by atoms with E-state index in [4.69, 9.17) is 5.73 Å². The van der Waals surface area contributed by atoms with E-state index in [2.05, 4.69) is 9.97 Å². The predicted octanol–water partition coefficient (Wildman–Crippen LogP) is 1.59. The number of rotatable bonds is 2. The van der Waals surface area contributed by atoms with Crippen molar-refractivity contribution in [3.8, 4) is 0 Å². The SMILES string of the molecule is NC(c1cncnc1)c1ccsc1. The first-order valence-electron chi connectivity index (χ1n) is 3.90. The van der Waals surface area contributed by atoms with Crippen LogP contribution >= 0.6 is 11.3 Å². The third kappa shape index (κ3) is 1.74. The fraction of sp³-hybridized carbons (Fsp3) is 0.111. The van der Waals surface area contributed by atoms with Gasteiger partial charge in [0.05, 0.1) is 6.04 Å². The van der Waals surface area contributed by atoms with Gasteiger partial charge in [0.2, 0.25) is 0 Å². The van der Waals surface area contributed by atoms with Crippen molar-refractivity contribution in [3.05, 3.63) is 46.7 Å². The van der Waals surface area contributed by atoms with Gasteiger partial charge in [-0.3, -0.25) is 0 Å². The maximum atomic E-state index is 5.99. The van der Waals surface area contributed by atoms with E-state index in [-0.39, 0.29) is 6.04 Å². The summed E-state index contributed by atoms with van der Waals surface area (Å²) in [6, 6.07) is 1.91. The summed E-state index contributed by atoms with van der Waals surface area (Å²) in [5.41, 5.74) is 8.04. The summed E-state index contributed by atoms with van der Waals surface area (Å²) < 4.78 is 0. The second-order valence-electron chi connectivity index (χ2n) is 2.71. The van der Waals surface area contributed by atoms with E-state index in [9.17, 15) is 0 Å². The van der Waals surface area contributed by atoms with Crippen molar-refractivity contribution in [3.63, 3.8) is 0 Å². The van der Waals surface area contributed by atoms with Crippen LogP contribution in [0.3, 0.4) is 0 Å². The molecule has 0 aliphatic carbocycles. The second-order valence-corrected chi connectivity index (χ2v) is 3.49. The van der Waals surface area contributed by atoms with E-state index in [1.165, 1.54) is 6.33 Å². The van der Waals surface area contributed by atoms with Crippen LogP contribution in [0.25, 0.3) is 0 Å². The minimum absolute atomic E-state index is 0.104. The molecule has 13 heavy (non-hydrogen) atoms. The molecule has 0 aromatic carbocycles.